The van der Waals surface area contributed by atoms with Crippen LogP contribution in [0.2, 0.25) is 0 Å². The number of halogens is 1. The van der Waals surface area contributed by atoms with Gasteiger partial charge in [-0.05, 0) is 137 Å². The van der Waals surface area contributed by atoms with Gasteiger partial charge in [0.1, 0.15) is 17.0 Å². The summed E-state index contributed by atoms with van der Waals surface area (Å²) in [5, 5.41) is 6.67. The van der Waals surface area contributed by atoms with Gasteiger partial charge in [0.25, 0.3) is 0 Å². The van der Waals surface area contributed by atoms with E-state index in [1.165, 1.54) is 17.5 Å². The number of benzene rings is 11. The van der Waals surface area contributed by atoms with Crippen molar-refractivity contribution in [1.29, 1.82) is 0 Å². The van der Waals surface area contributed by atoms with Crippen LogP contribution in [0, 0.1) is 5.82 Å². The predicted octanol–water partition coefficient (Wildman–Crippen LogP) is 18.2. The van der Waals surface area contributed by atoms with Gasteiger partial charge in [-0.25, -0.2) is 4.39 Å². The van der Waals surface area contributed by atoms with Crippen molar-refractivity contribution in [2.24, 2.45) is 0 Å². The van der Waals surface area contributed by atoms with E-state index < -0.39 is 0 Å². The Balaban J connectivity index is 1.13. The molecule has 2 aromatic heterocycles. The third kappa shape index (κ3) is 6.99. The third-order valence-corrected chi connectivity index (χ3v) is 13.3. The molecule has 0 aliphatic carbocycles. The maximum Gasteiger partial charge on any atom is 0.145 e. The molecule has 0 amide bonds. The van der Waals surface area contributed by atoms with Crippen LogP contribution < -0.4 is 9.80 Å². The maximum atomic E-state index is 14.9. The predicted molar refractivity (Wildman–Crippen MR) is 286 cm³/mol. The minimum absolute atomic E-state index is 0.297. The molecule has 69 heavy (non-hydrogen) atoms. The van der Waals surface area contributed by atoms with Gasteiger partial charge in [0, 0.05) is 61.5 Å². The summed E-state index contributed by atoms with van der Waals surface area (Å²) in [6.07, 6.45) is 0. The van der Waals surface area contributed by atoms with Crippen LogP contribution >= 0.6 is 0 Å². The first-order valence-corrected chi connectivity index (χ1v) is 23.3. The number of hydrogen-bond donors (Lipinski definition) is 0. The Morgan fingerprint density at radius 1 is 0.362 bits per heavy atom. The smallest absolute Gasteiger partial charge is 0.145 e. The molecule has 4 nitrogen and oxygen atoms in total. The van der Waals surface area contributed by atoms with Crippen molar-refractivity contribution in [2.75, 3.05) is 9.80 Å². The molecule has 0 N–H and O–H groups in total. The number of nitrogens with zero attached hydrogens (tertiary/aromatic N) is 3. The lowest BCUT2D eigenvalue weighted by molar-refractivity contribution is 0.628. The van der Waals surface area contributed by atoms with Crippen molar-refractivity contribution >= 4 is 88.6 Å². The molecule has 2 heterocycles. The summed E-state index contributed by atoms with van der Waals surface area (Å²) in [5.74, 6) is -0.297. The Bertz CT molecular complexity index is 4010. The van der Waals surface area contributed by atoms with Gasteiger partial charge in [-0.15, -0.1) is 0 Å². The number of para-hydroxylation sites is 4. The minimum atomic E-state index is -0.297. The minimum Gasteiger partial charge on any atom is -0.455 e. The zero-order valence-corrected chi connectivity index (χ0v) is 37.4. The number of anilines is 6. The molecule has 5 heteroatoms. The number of hydrogen-bond acceptors (Lipinski definition) is 3. The van der Waals surface area contributed by atoms with E-state index in [-0.39, 0.29) is 5.82 Å². The van der Waals surface area contributed by atoms with Gasteiger partial charge in [0.2, 0.25) is 0 Å². The third-order valence-electron chi connectivity index (χ3n) is 13.3. The van der Waals surface area contributed by atoms with E-state index in [1.807, 2.05) is 24.3 Å². The SMILES string of the molecule is Fc1ccc(N(c2ccc(-c3ccccc3)cc2)c2cc(-c3cc4c5ccccc5n(-c5ccccc5)c4c4c3oc3ccccc34)cc(N(c3ccccc3)c3ccc4ccccc4c3)c2)cc1. The molecular formula is C64H42FN3O. The topological polar surface area (TPSA) is 24.6 Å². The van der Waals surface area contributed by atoms with Crippen LogP contribution in [-0.2, 0) is 0 Å². The molecule has 0 saturated carbocycles. The van der Waals surface area contributed by atoms with Gasteiger partial charge in [0.15, 0.2) is 0 Å². The van der Waals surface area contributed by atoms with Crippen LogP contribution in [0.5, 0.6) is 0 Å². The van der Waals surface area contributed by atoms with Crippen LogP contribution in [0.3, 0.4) is 0 Å². The second-order valence-corrected chi connectivity index (χ2v) is 17.5. The Morgan fingerprint density at radius 2 is 0.913 bits per heavy atom. The second kappa shape index (κ2) is 16.6. The van der Waals surface area contributed by atoms with Crippen molar-refractivity contribution in [3.05, 3.63) is 261 Å². The summed E-state index contributed by atoms with van der Waals surface area (Å²) in [7, 11) is 0. The molecule has 326 valence electrons. The summed E-state index contributed by atoms with van der Waals surface area (Å²) < 4.78 is 24.4. The summed E-state index contributed by atoms with van der Waals surface area (Å²) in [5.41, 5.74) is 14.6. The molecule has 0 aliphatic heterocycles. The Hall–Kier alpha value is -9.19. The van der Waals surface area contributed by atoms with Gasteiger partial charge >= 0.3 is 0 Å². The molecule has 0 unspecified atom stereocenters. The second-order valence-electron chi connectivity index (χ2n) is 17.5. The van der Waals surface area contributed by atoms with Gasteiger partial charge in [-0.2, -0.15) is 0 Å². The van der Waals surface area contributed by atoms with Crippen LogP contribution in [-0.4, -0.2) is 4.57 Å². The first-order valence-electron chi connectivity index (χ1n) is 23.3. The monoisotopic (exact) mass is 887 g/mol. The highest BCUT2D eigenvalue weighted by atomic mass is 19.1. The first-order chi connectivity index (χ1) is 34.1. The summed E-state index contributed by atoms with van der Waals surface area (Å²) >= 11 is 0. The molecular weight excluding hydrogens is 846 g/mol. The van der Waals surface area contributed by atoms with E-state index in [1.54, 1.807) is 0 Å². The van der Waals surface area contributed by atoms with Gasteiger partial charge < -0.3 is 18.8 Å². The lowest BCUT2D eigenvalue weighted by atomic mass is 9.96. The molecule has 0 bridgehead atoms. The fourth-order valence-electron chi connectivity index (χ4n) is 10.2. The van der Waals surface area contributed by atoms with Crippen LogP contribution in [0.25, 0.3) is 82.5 Å². The first kappa shape index (κ1) is 40.1. The highest BCUT2D eigenvalue weighted by Crippen LogP contribution is 2.49. The maximum absolute atomic E-state index is 14.9. The molecule has 0 atom stereocenters. The average molecular weight is 888 g/mol. The number of aromatic nitrogens is 1. The lowest BCUT2D eigenvalue weighted by Crippen LogP contribution is -2.13. The van der Waals surface area contributed by atoms with Crippen molar-refractivity contribution in [3.8, 4) is 27.9 Å². The van der Waals surface area contributed by atoms with E-state index in [0.717, 1.165) is 111 Å². The molecule has 0 saturated heterocycles. The average Bonchev–Trinajstić information content (AvgIpc) is 3.96. The van der Waals surface area contributed by atoms with Gasteiger partial charge in [-0.1, -0.05) is 146 Å². The van der Waals surface area contributed by atoms with E-state index in [2.05, 4.69) is 233 Å². The van der Waals surface area contributed by atoms with Crippen molar-refractivity contribution in [1.82, 2.24) is 4.57 Å². The molecule has 0 radical (unpaired) electrons. The zero-order chi connectivity index (χ0) is 45.8. The standard InChI is InChI=1S/C64H42FN3O/c65-48-31-36-52(37-32-48)66(51-33-28-45(29-34-51)43-16-4-1-5-17-43)54-39-47(40-55(41-54)67(49-20-6-2-7-21-49)53-35-30-44-18-10-11-19-46(44)38-53)58-42-59-56-24-12-14-26-60(56)68(50-22-8-3-9-23-50)63(59)62-57-25-13-15-27-61(57)69-64(58)62/h1-42H. The molecule has 0 spiro atoms. The quantitative estimate of drug-likeness (QED) is 0.144. The molecule has 0 aliphatic rings. The number of furan rings is 1. The Kier molecular flexibility index (Phi) is 9.65. The van der Waals surface area contributed by atoms with E-state index in [4.69, 9.17) is 4.42 Å². The molecule has 0 fully saturated rings. The molecule has 13 rings (SSSR count). The number of fused-ring (bicyclic) bond motifs is 8. The Labute approximate surface area is 398 Å². The van der Waals surface area contributed by atoms with Crippen LogP contribution in [0.4, 0.5) is 38.5 Å². The fraction of sp³-hybridized carbons (Fsp3) is 0. The van der Waals surface area contributed by atoms with Crippen LogP contribution in [0.15, 0.2) is 259 Å². The summed E-state index contributed by atoms with van der Waals surface area (Å²) in [6, 6.07) is 88.2. The van der Waals surface area contributed by atoms with Crippen LogP contribution in [0.1, 0.15) is 0 Å². The molecule has 11 aromatic carbocycles. The summed E-state index contributed by atoms with van der Waals surface area (Å²) in [6.45, 7) is 0. The highest BCUT2D eigenvalue weighted by molar-refractivity contribution is 6.27. The lowest BCUT2D eigenvalue weighted by Gasteiger charge is -2.30. The van der Waals surface area contributed by atoms with Gasteiger partial charge in [0.05, 0.1) is 16.4 Å². The fourth-order valence-corrected chi connectivity index (χ4v) is 10.2. The largest absolute Gasteiger partial charge is 0.455 e. The van der Waals surface area contributed by atoms with E-state index in [0.29, 0.717) is 0 Å². The van der Waals surface area contributed by atoms with Gasteiger partial charge in [-0.3, -0.25) is 0 Å². The zero-order valence-electron chi connectivity index (χ0n) is 37.4. The Morgan fingerprint density at radius 3 is 1.65 bits per heavy atom. The van der Waals surface area contributed by atoms with Crippen molar-refractivity contribution in [3.63, 3.8) is 0 Å². The normalized spacial score (nSPS) is 11.6. The number of rotatable bonds is 9. The summed E-state index contributed by atoms with van der Waals surface area (Å²) in [4.78, 5) is 4.55. The van der Waals surface area contributed by atoms with Crippen molar-refractivity contribution in [2.45, 2.75) is 0 Å². The van der Waals surface area contributed by atoms with E-state index in [9.17, 15) is 4.39 Å². The van der Waals surface area contributed by atoms with E-state index >= 15 is 0 Å². The molecule has 13 aromatic rings. The van der Waals surface area contributed by atoms with Crippen molar-refractivity contribution < 1.29 is 8.81 Å². The highest BCUT2D eigenvalue weighted by Gasteiger charge is 2.25.